The van der Waals surface area contributed by atoms with Crippen LogP contribution in [0.2, 0.25) is 0 Å². The first kappa shape index (κ1) is 184. The van der Waals surface area contributed by atoms with Gasteiger partial charge in [0.2, 0.25) is 0 Å². The molecule has 0 amide bonds. The average Bonchev–Trinajstić information content (AvgIpc) is 0.860. The molecule has 2 unspecified atom stereocenters. The van der Waals surface area contributed by atoms with Crippen LogP contribution in [0.4, 0.5) is 34.1 Å². The van der Waals surface area contributed by atoms with Crippen LogP contribution in [0.15, 0.2) is 190 Å². The number of benzene rings is 6. The molecule has 6 aromatic carbocycles. The van der Waals surface area contributed by atoms with Crippen LogP contribution in [-0.4, -0.2) is 87.9 Å². The molecular formula is C92H152Ar4B2Cl6CuLi6N14P-4. The van der Waals surface area contributed by atoms with Crippen LogP contribution < -0.4 is 125 Å². The minimum Gasteiger partial charge on any atom is -1.00 e. The topological polar surface area (TPSA) is 221 Å². The number of nitrogens with zero attached hydrogens (tertiary/aromatic N) is 10. The third-order valence-electron chi connectivity index (χ3n) is 13.1. The zero-order valence-electron chi connectivity index (χ0n) is 84.8. The summed E-state index contributed by atoms with van der Waals surface area (Å²) in [5, 5.41) is 41.7. The molecule has 0 spiro atoms. The number of unbranched alkanes of at least 4 members (excludes halogenated alkanes) is 2. The quantitative estimate of drug-likeness (QED) is 0.0165. The maximum atomic E-state index is 6.50. The van der Waals surface area contributed by atoms with Gasteiger partial charge in [0.15, 0.2) is 0 Å². The third kappa shape index (κ3) is 120. The Morgan fingerprint density at radius 1 is 0.500 bits per heavy atom. The summed E-state index contributed by atoms with van der Waals surface area (Å²) in [7, 11) is 16.5. The van der Waals surface area contributed by atoms with E-state index in [-0.39, 0.29) is 328 Å². The van der Waals surface area contributed by atoms with E-state index in [1.807, 2.05) is 27.7 Å². The predicted molar refractivity (Wildman–Crippen MR) is 539 cm³/mol. The summed E-state index contributed by atoms with van der Waals surface area (Å²) in [4.78, 5) is 9.64. The molecule has 0 aliphatic carbocycles. The zero-order valence-corrected chi connectivity index (χ0v) is 93.0. The van der Waals surface area contributed by atoms with Crippen LogP contribution in [0.1, 0.15) is 205 Å². The summed E-state index contributed by atoms with van der Waals surface area (Å²) in [6.07, 6.45) is 13.1. The van der Waals surface area contributed by atoms with E-state index in [1.54, 1.807) is 61.1 Å². The van der Waals surface area contributed by atoms with E-state index < -0.39 is 3.37 Å². The third-order valence-corrected chi connectivity index (χ3v) is 13.1. The monoisotopic (exact) mass is 1980 g/mol. The molecule has 7 N–H and O–H groups in total. The van der Waals surface area contributed by atoms with Gasteiger partial charge in [0, 0.05) is 206 Å². The Kier molecular flexibility index (Phi) is 164. The number of rotatable bonds is 18. The number of aliphatic imine (C=N–C) groups is 2. The van der Waals surface area contributed by atoms with Crippen molar-refractivity contribution >= 4 is 143 Å². The fourth-order valence-corrected chi connectivity index (χ4v) is 8.38. The molecule has 0 heterocycles. The van der Waals surface area contributed by atoms with Gasteiger partial charge in [-0.15, -0.1) is 60.1 Å². The molecular weight excluding hydrogens is 1830 g/mol. The van der Waals surface area contributed by atoms with Gasteiger partial charge in [-0.05, 0) is 166 Å². The molecule has 0 aromatic heterocycles. The summed E-state index contributed by atoms with van der Waals surface area (Å²) >= 11 is 29.7. The molecule has 34 heteroatoms. The van der Waals surface area contributed by atoms with E-state index in [1.165, 1.54) is 96.5 Å². The van der Waals surface area contributed by atoms with E-state index in [9.17, 15) is 0 Å². The summed E-state index contributed by atoms with van der Waals surface area (Å²) in [5.41, 5.74) is 31.5. The SMILES string of the molecule is C.C=C(C)N.C=CC.C=CC.CC(=CC(C)[N-]c1c(C)cccc1C)[N-]c1c(C)cccc1C.CC(=CC(C)[N-]c1c(C)cccc1C)[N-]c1c(C)cccc1C.CC(=N)Cl.CC(C)=N.CC(CC(C)=Nc1c(C)cccc1C)=Nc1c(C)cccc1C.ClP(Cl)(Cl)(Cl)Cl.N.[Ar].[Ar].[Ar].[Ar].[B-]=NN(C)C.[B]=NN(C)C.[CH2-]CCC.[CH2-]CCC.[CH3-].[CH3-].[Cu].[H-].[Li+].[Li+].[Li+].[Li+].[Li+].[Li+]. The number of hydrogen-bond acceptors (Lipinski definition) is 10. The molecule has 0 saturated heterocycles. The second-order valence-corrected chi connectivity index (χ2v) is 43.5. The van der Waals surface area contributed by atoms with Crippen molar-refractivity contribution in [2.24, 2.45) is 25.7 Å². The van der Waals surface area contributed by atoms with Crippen molar-refractivity contribution in [1.82, 2.24) is 16.2 Å². The maximum Gasteiger partial charge on any atom is 1.00 e. The van der Waals surface area contributed by atoms with Gasteiger partial charge in [-0.1, -0.05) is 246 Å². The Balaban J connectivity index is -0.0000000472. The van der Waals surface area contributed by atoms with E-state index >= 15 is 0 Å². The standard InChI is InChI=1S/3C21H26N2.2C4H9.2C3H7N.2C3H6.2C2H6BN2.C2H4ClN.CH4.2CH3.4Ar.Cl5P.Cu.6Li.H3N.H/c3*1-14-9-7-10-15(2)20(14)22-18(5)13-19(6)23-21-16(3)11-8-12-17(21)4;2*1-3-4-2;2*1-3(2)4;2*1-3-2;2*1-5(2)4-3;1-2(3)4;;;;;;;;1-6(2,3,4)5;;;;;;;;;/h7-12H,13H2,1-6H3;2*7-13,18H,1-6H3;2*1,3-4H2,2H3;4H,1-2H3;1,4H2,2H3;2*3H,1H2,2H3;2*1-2H3;4H,1H3;1H4;2*1H3;;;;;;;;;;;;;1H3;/q;2*-2;2*-1;;;;;;-1;;;2*-1;;;;;;;6*+1;;-1. The van der Waals surface area contributed by atoms with Crippen LogP contribution in [0.25, 0.3) is 21.3 Å². The molecule has 14 nitrogen and oxygen atoms in total. The first-order chi connectivity index (χ1) is 51.3. The van der Waals surface area contributed by atoms with Gasteiger partial charge in [0.05, 0.1) is 16.5 Å². The van der Waals surface area contributed by atoms with Gasteiger partial charge >= 0.3 is 204 Å². The van der Waals surface area contributed by atoms with Crippen LogP contribution in [0.3, 0.4) is 0 Å². The second kappa shape index (κ2) is 113. The molecule has 6 rings (SSSR count). The van der Waals surface area contributed by atoms with Gasteiger partial charge in [-0.25, -0.2) is 0 Å². The van der Waals surface area contributed by atoms with Crippen molar-refractivity contribution in [3.63, 3.8) is 0 Å². The summed E-state index contributed by atoms with van der Waals surface area (Å²) < 4.78 is -3.69. The number of nitrogens with one attached hydrogen (secondary N) is 2. The molecule has 0 fully saturated rings. The Morgan fingerprint density at radius 2 is 0.643 bits per heavy atom. The minimum absolute atomic E-state index is 0. The normalized spacial score (nSPS) is 9.74. The van der Waals surface area contributed by atoms with Crippen LogP contribution in [0, 0.1) is 274 Å². The number of allylic oxidation sites excluding steroid dienone is 5. The first-order valence-electron chi connectivity index (χ1n) is 36.6. The largest absolute Gasteiger partial charge is 1.00 e. The number of para-hydroxylation sites is 6. The summed E-state index contributed by atoms with van der Waals surface area (Å²) in [5.74, 6) is 0. The maximum absolute atomic E-state index is 6.50. The minimum atomic E-state index is -3.69. The molecule has 6 aromatic rings. The second-order valence-electron chi connectivity index (χ2n) is 26.4. The molecule has 0 saturated carbocycles. The first-order valence-corrected chi connectivity index (χ1v) is 43.7. The summed E-state index contributed by atoms with van der Waals surface area (Å²) in [6.45, 7) is 69.8. The average molecular weight is 1980 g/mol. The molecule has 0 aliphatic rings. The Bertz CT molecular complexity index is 3450. The molecule has 696 valence electrons. The Morgan fingerprint density at radius 3 is 0.778 bits per heavy atom. The molecule has 126 heavy (non-hydrogen) atoms. The number of nitrogens with two attached hydrogens (primary N) is 1. The fourth-order valence-electron chi connectivity index (χ4n) is 8.38. The smallest absolute Gasteiger partial charge is 1.00 e. The summed E-state index contributed by atoms with van der Waals surface area (Å²) in [6, 6.07) is 37.9. The molecule has 4 radical (unpaired) electrons. The van der Waals surface area contributed by atoms with E-state index in [0.29, 0.717) is 11.4 Å². The van der Waals surface area contributed by atoms with Crippen molar-refractivity contribution < 1.29 is 283 Å². The van der Waals surface area contributed by atoms with Gasteiger partial charge in [-0.2, -0.15) is 24.2 Å². The van der Waals surface area contributed by atoms with Crippen molar-refractivity contribution in [3.05, 3.63) is 287 Å². The predicted octanol–water partition coefficient (Wildman–Crippen LogP) is 16.2. The van der Waals surface area contributed by atoms with Gasteiger partial charge in [-0.3, -0.25) is 15.4 Å². The molecule has 0 aliphatic heterocycles. The van der Waals surface area contributed by atoms with E-state index in [2.05, 4.69) is 290 Å². The van der Waals surface area contributed by atoms with Crippen LogP contribution in [-0.2, 0) is 17.1 Å². The van der Waals surface area contributed by atoms with E-state index in [4.69, 9.17) is 131 Å². The fraction of sp³-hybridized carbons (Fsp3) is 0.413. The Labute approximate surface area is 1010 Å². The number of aryl methyl sites for hydroxylation is 12. The van der Waals surface area contributed by atoms with Gasteiger partial charge in [0.25, 0.3) is 0 Å². The van der Waals surface area contributed by atoms with Crippen molar-refractivity contribution in [1.29, 1.82) is 10.8 Å². The van der Waals surface area contributed by atoms with E-state index in [0.717, 1.165) is 76.2 Å². The molecule has 0 bridgehead atoms. The van der Waals surface area contributed by atoms with Gasteiger partial charge < -0.3 is 86.3 Å². The van der Waals surface area contributed by atoms with Gasteiger partial charge in [0.1, 0.15) is 0 Å². The Hall–Kier alpha value is 2.30. The molecule has 2 atom stereocenters. The van der Waals surface area contributed by atoms with Crippen LogP contribution in [0.5, 0.6) is 0 Å². The van der Waals surface area contributed by atoms with Crippen molar-refractivity contribution in [2.75, 3.05) is 28.2 Å². The van der Waals surface area contributed by atoms with Crippen LogP contribution >= 0.6 is 71.2 Å². The number of hydrogen-bond donors (Lipinski definition) is 4. The zero-order chi connectivity index (χ0) is 87.9. The van der Waals surface area contributed by atoms with Crippen molar-refractivity contribution in [2.45, 2.75) is 232 Å². The number of halogens is 6. The van der Waals surface area contributed by atoms with Crippen molar-refractivity contribution in [3.8, 4) is 0 Å².